The Kier molecular flexibility index (Phi) is 2.09. The van der Waals surface area contributed by atoms with E-state index in [-0.39, 0.29) is 17.1 Å². The van der Waals surface area contributed by atoms with E-state index in [2.05, 4.69) is 10.1 Å². The van der Waals surface area contributed by atoms with Gasteiger partial charge in [0.2, 0.25) is 0 Å². The van der Waals surface area contributed by atoms with E-state index < -0.39 is 5.97 Å². The lowest BCUT2D eigenvalue weighted by atomic mass is 10.2. The van der Waals surface area contributed by atoms with Crippen LogP contribution >= 0.6 is 0 Å². The number of aromatic hydroxyl groups is 1. The van der Waals surface area contributed by atoms with Crippen LogP contribution < -0.4 is 0 Å². The number of carboxylic acid groups (broad SMARTS) is 1. The number of hydrogen-bond donors (Lipinski definition) is 3. The van der Waals surface area contributed by atoms with E-state index >= 15 is 0 Å². The van der Waals surface area contributed by atoms with E-state index in [1.165, 1.54) is 0 Å². The van der Waals surface area contributed by atoms with Gasteiger partial charge in [-0.3, -0.25) is 0 Å². The summed E-state index contributed by atoms with van der Waals surface area (Å²) in [5.41, 5.74) is 1.19. The predicted molar refractivity (Wildman–Crippen MR) is 62.4 cm³/mol. The van der Waals surface area contributed by atoms with Crippen molar-refractivity contribution in [3.8, 4) is 17.2 Å². The first-order valence-electron chi connectivity index (χ1n) is 5.15. The first-order chi connectivity index (χ1) is 8.65. The van der Waals surface area contributed by atoms with Crippen molar-refractivity contribution in [1.82, 2.24) is 10.1 Å². The number of hydrogen-bond acceptors (Lipinski definition) is 4. The average Bonchev–Trinajstić information content (AvgIpc) is 2.93. The molecule has 0 unspecified atom stereocenters. The number of phenols is 1. The van der Waals surface area contributed by atoms with Crippen LogP contribution in [0.5, 0.6) is 5.75 Å². The second-order valence-electron chi connectivity index (χ2n) is 3.83. The van der Waals surface area contributed by atoms with Gasteiger partial charge in [-0.1, -0.05) is 5.16 Å². The minimum Gasteiger partial charge on any atom is -0.508 e. The third kappa shape index (κ3) is 1.51. The molecular weight excluding hydrogens is 236 g/mol. The molecule has 18 heavy (non-hydrogen) atoms. The van der Waals surface area contributed by atoms with Crippen LogP contribution in [0, 0.1) is 0 Å². The van der Waals surface area contributed by atoms with Crippen molar-refractivity contribution in [2.75, 3.05) is 0 Å². The molecule has 0 aliphatic heterocycles. The molecule has 3 aromatic rings. The molecule has 3 N–H and O–H groups in total. The molecule has 3 rings (SSSR count). The third-order valence-electron chi connectivity index (χ3n) is 2.65. The summed E-state index contributed by atoms with van der Waals surface area (Å²) in [6.45, 7) is 0. The standard InChI is InChI=1S/C12H8N2O4/c15-7-2-1-6-3-10(14-9(6)4-7)11-8(12(16)17)5-13-18-11/h1-5,14-15H,(H,16,17). The number of benzene rings is 1. The molecule has 0 aliphatic carbocycles. The van der Waals surface area contributed by atoms with Crippen LogP contribution in [0.25, 0.3) is 22.4 Å². The van der Waals surface area contributed by atoms with Crippen LogP contribution in [0.1, 0.15) is 10.4 Å². The van der Waals surface area contributed by atoms with Crippen molar-refractivity contribution >= 4 is 16.9 Å². The summed E-state index contributed by atoms with van der Waals surface area (Å²) in [4.78, 5) is 13.9. The van der Waals surface area contributed by atoms with E-state index in [9.17, 15) is 9.90 Å². The second kappa shape index (κ2) is 3.63. The van der Waals surface area contributed by atoms with Crippen molar-refractivity contribution in [2.24, 2.45) is 0 Å². The number of carboxylic acids is 1. The summed E-state index contributed by atoms with van der Waals surface area (Å²) in [5, 5.41) is 22.7. The maximum atomic E-state index is 11.0. The van der Waals surface area contributed by atoms with Gasteiger partial charge >= 0.3 is 5.97 Å². The fourth-order valence-corrected chi connectivity index (χ4v) is 1.82. The lowest BCUT2D eigenvalue weighted by Gasteiger charge is -1.92. The Morgan fingerprint density at radius 3 is 2.94 bits per heavy atom. The zero-order valence-electron chi connectivity index (χ0n) is 9.04. The van der Waals surface area contributed by atoms with Gasteiger partial charge in [0.05, 0.1) is 11.9 Å². The molecule has 0 radical (unpaired) electrons. The largest absolute Gasteiger partial charge is 0.508 e. The maximum absolute atomic E-state index is 11.0. The van der Waals surface area contributed by atoms with Gasteiger partial charge < -0.3 is 19.7 Å². The van der Waals surface area contributed by atoms with Gasteiger partial charge in [-0.25, -0.2) is 4.79 Å². The molecule has 0 saturated heterocycles. The molecule has 0 spiro atoms. The molecular formula is C12H8N2O4. The Morgan fingerprint density at radius 2 is 2.17 bits per heavy atom. The van der Waals surface area contributed by atoms with Gasteiger partial charge in [0.1, 0.15) is 11.3 Å². The van der Waals surface area contributed by atoms with Crippen molar-refractivity contribution < 1.29 is 19.5 Å². The second-order valence-corrected chi connectivity index (χ2v) is 3.83. The molecule has 2 heterocycles. The highest BCUT2D eigenvalue weighted by Crippen LogP contribution is 2.28. The average molecular weight is 244 g/mol. The molecule has 6 nitrogen and oxygen atoms in total. The summed E-state index contributed by atoms with van der Waals surface area (Å²) in [6, 6.07) is 6.57. The van der Waals surface area contributed by atoms with Gasteiger partial charge in [0.15, 0.2) is 5.76 Å². The third-order valence-corrected chi connectivity index (χ3v) is 2.65. The smallest absolute Gasteiger partial charge is 0.341 e. The number of H-pyrrole nitrogens is 1. The molecule has 0 amide bonds. The Morgan fingerprint density at radius 1 is 1.33 bits per heavy atom. The first kappa shape index (κ1) is 10.4. The van der Waals surface area contributed by atoms with E-state index in [1.54, 1.807) is 24.3 Å². The number of nitrogens with zero attached hydrogens (tertiary/aromatic N) is 1. The van der Waals surface area contributed by atoms with Crippen molar-refractivity contribution in [2.45, 2.75) is 0 Å². The van der Waals surface area contributed by atoms with Crippen LogP contribution in [0.4, 0.5) is 0 Å². The zero-order chi connectivity index (χ0) is 12.7. The summed E-state index contributed by atoms with van der Waals surface area (Å²) in [6.07, 6.45) is 1.15. The number of rotatable bonds is 2. The molecule has 90 valence electrons. The number of carbonyl (C=O) groups is 1. The van der Waals surface area contributed by atoms with Crippen molar-refractivity contribution in [1.29, 1.82) is 0 Å². The number of fused-ring (bicyclic) bond motifs is 1. The van der Waals surface area contributed by atoms with Crippen molar-refractivity contribution in [3.63, 3.8) is 0 Å². The monoisotopic (exact) mass is 244 g/mol. The molecule has 0 saturated carbocycles. The van der Waals surface area contributed by atoms with Crippen LogP contribution in [0.15, 0.2) is 35.0 Å². The number of aromatic carboxylic acids is 1. The molecule has 2 aromatic heterocycles. The van der Waals surface area contributed by atoms with Gasteiger partial charge in [-0.2, -0.15) is 0 Å². The Balaban J connectivity index is 2.19. The van der Waals surface area contributed by atoms with E-state index in [4.69, 9.17) is 9.63 Å². The SMILES string of the molecule is O=C(O)c1cnoc1-c1cc2ccc(O)cc2[nH]1. The first-order valence-corrected chi connectivity index (χ1v) is 5.15. The lowest BCUT2D eigenvalue weighted by Crippen LogP contribution is -1.95. The number of aromatic amines is 1. The van der Waals surface area contributed by atoms with Gasteiger partial charge in [0.25, 0.3) is 0 Å². The summed E-state index contributed by atoms with van der Waals surface area (Å²) < 4.78 is 4.95. The minimum absolute atomic E-state index is 0.00854. The Bertz CT molecular complexity index is 741. The summed E-state index contributed by atoms with van der Waals surface area (Å²) >= 11 is 0. The van der Waals surface area contributed by atoms with Gasteiger partial charge in [-0.05, 0) is 18.2 Å². The zero-order valence-corrected chi connectivity index (χ0v) is 9.04. The molecule has 6 heteroatoms. The fourth-order valence-electron chi connectivity index (χ4n) is 1.82. The molecule has 0 bridgehead atoms. The summed E-state index contributed by atoms with van der Waals surface area (Å²) in [5.74, 6) is -0.808. The Hall–Kier alpha value is -2.76. The fraction of sp³-hybridized carbons (Fsp3) is 0. The van der Waals surface area contributed by atoms with E-state index in [0.29, 0.717) is 11.2 Å². The molecule has 0 fully saturated rings. The number of phenolic OH excluding ortho intramolecular Hbond substituents is 1. The lowest BCUT2D eigenvalue weighted by molar-refractivity contribution is 0.0697. The van der Waals surface area contributed by atoms with Crippen molar-refractivity contribution in [3.05, 3.63) is 36.0 Å². The van der Waals surface area contributed by atoms with Crippen LogP contribution in [0.2, 0.25) is 0 Å². The molecule has 1 aromatic carbocycles. The molecule has 0 atom stereocenters. The number of nitrogens with one attached hydrogen (secondary N) is 1. The summed E-state index contributed by atoms with van der Waals surface area (Å²) in [7, 11) is 0. The number of aromatic nitrogens is 2. The highest BCUT2D eigenvalue weighted by Gasteiger charge is 2.18. The highest BCUT2D eigenvalue weighted by atomic mass is 16.5. The normalized spacial score (nSPS) is 10.9. The quantitative estimate of drug-likeness (QED) is 0.641. The van der Waals surface area contributed by atoms with Crippen LogP contribution in [0.3, 0.4) is 0 Å². The van der Waals surface area contributed by atoms with E-state index in [1.807, 2.05) is 0 Å². The maximum Gasteiger partial charge on any atom is 0.341 e. The van der Waals surface area contributed by atoms with Gasteiger partial charge in [-0.15, -0.1) is 0 Å². The topological polar surface area (TPSA) is 99.3 Å². The predicted octanol–water partition coefficient (Wildman–Crippen LogP) is 2.23. The minimum atomic E-state index is -1.10. The van der Waals surface area contributed by atoms with Gasteiger partial charge in [0, 0.05) is 17.0 Å². The highest BCUT2D eigenvalue weighted by molar-refractivity contribution is 5.95. The van der Waals surface area contributed by atoms with Crippen LogP contribution in [-0.4, -0.2) is 26.3 Å². The Labute approximate surface area is 100 Å². The molecule has 0 aliphatic rings. The van der Waals surface area contributed by atoms with E-state index in [0.717, 1.165) is 11.6 Å². The van der Waals surface area contributed by atoms with Crippen LogP contribution in [-0.2, 0) is 0 Å².